The molecule has 1 heterocycles. The number of urea groups is 1. The number of anilines is 1. The molecule has 0 unspecified atom stereocenters. The number of hydrogen-bond acceptors (Lipinski definition) is 4. The molecule has 0 radical (unpaired) electrons. The Morgan fingerprint density at radius 3 is 2.31 bits per heavy atom. The Morgan fingerprint density at radius 1 is 0.943 bits per heavy atom. The van der Waals surface area contributed by atoms with Gasteiger partial charge in [0.15, 0.2) is 0 Å². The number of carbonyl (C=O) groups excluding carboxylic acids is 3. The molecule has 4 amide bonds. The van der Waals surface area contributed by atoms with Gasteiger partial charge in [0.1, 0.15) is 17.9 Å². The third-order valence-corrected chi connectivity index (χ3v) is 6.57. The molecule has 0 aromatic heterocycles. The van der Waals surface area contributed by atoms with E-state index in [1.165, 1.54) is 6.08 Å². The predicted octanol–water partition coefficient (Wildman–Crippen LogP) is 6.62. The van der Waals surface area contributed by atoms with Gasteiger partial charge in [-0.2, -0.15) is 0 Å². The van der Waals surface area contributed by atoms with Crippen molar-refractivity contribution < 1.29 is 19.1 Å². The van der Waals surface area contributed by atoms with Crippen LogP contribution in [0.3, 0.4) is 0 Å². The minimum Gasteiger partial charge on any atom is -0.488 e. The van der Waals surface area contributed by atoms with Crippen molar-refractivity contribution >= 4 is 68.7 Å². The van der Waals surface area contributed by atoms with Crippen molar-refractivity contribution in [2.75, 3.05) is 4.90 Å². The van der Waals surface area contributed by atoms with Crippen LogP contribution in [-0.4, -0.2) is 17.8 Å². The molecule has 9 heteroatoms. The van der Waals surface area contributed by atoms with Crippen LogP contribution < -0.4 is 15.0 Å². The molecule has 35 heavy (non-hydrogen) atoms. The summed E-state index contributed by atoms with van der Waals surface area (Å²) < 4.78 is 6.47. The Hall–Kier alpha value is -3.13. The van der Waals surface area contributed by atoms with Crippen molar-refractivity contribution in [3.63, 3.8) is 0 Å². The van der Waals surface area contributed by atoms with Crippen molar-refractivity contribution in [3.05, 3.63) is 96.9 Å². The van der Waals surface area contributed by atoms with E-state index in [2.05, 4.69) is 21.2 Å². The van der Waals surface area contributed by atoms with Crippen LogP contribution in [0.2, 0.25) is 10.0 Å². The van der Waals surface area contributed by atoms with E-state index in [-0.39, 0.29) is 12.2 Å². The van der Waals surface area contributed by atoms with Crippen molar-refractivity contribution in [1.82, 2.24) is 5.32 Å². The highest BCUT2D eigenvalue weighted by molar-refractivity contribution is 9.10. The monoisotopic (exact) mass is 572 g/mol. The fourth-order valence-electron chi connectivity index (χ4n) is 3.65. The first-order chi connectivity index (χ1) is 16.6. The van der Waals surface area contributed by atoms with Gasteiger partial charge in [-0.3, -0.25) is 14.9 Å². The van der Waals surface area contributed by atoms with Gasteiger partial charge in [-0.25, -0.2) is 9.69 Å². The summed E-state index contributed by atoms with van der Waals surface area (Å²) in [7, 11) is 0. The van der Waals surface area contributed by atoms with E-state index in [1.54, 1.807) is 42.5 Å². The Balaban J connectivity index is 1.57. The van der Waals surface area contributed by atoms with Gasteiger partial charge in [0.05, 0.1) is 20.2 Å². The lowest BCUT2D eigenvalue weighted by atomic mass is 10.1. The molecule has 6 nitrogen and oxygen atoms in total. The summed E-state index contributed by atoms with van der Waals surface area (Å²) >= 11 is 15.5. The maximum atomic E-state index is 13.2. The zero-order chi connectivity index (χ0) is 25.3. The number of amides is 4. The molecule has 0 atom stereocenters. The second kappa shape index (κ2) is 10.2. The molecule has 1 fully saturated rings. The molecule has 0 bridgehead atoms. The molecule has 3 aromatic rings. The van der Waals surface area contributed by atoms with Crippen LogP contribution in [0.4, 0.5) is 10.5 Å². The molecule has 0 spiro atoms. The van der Waals surface area contributed by atoms with Crippen molar-refractivity contribution in [3.8, 4) is 5.75 Å². The first-order valence-corrected chi connectivity index (χ1v) is 12.0. The van der Waals surface area contributed by atoms with E-state index in [4.69, 9.17) is 27.9 Å². The topological polar surface area (TPSA) is 75.7 Å². The third kappa shape index (κ3) is 5.59. The number of imide groups is 2. The van der Waals surface area contributed by atoms with Crippen LogP contribution in [0.15, 0.2) is 64.6 Å². The molecule has 0 saturated carbocycles. The lowest BCUT2D eigenvalue weighted by molar-refractivity contribution is -0.122. The molecule has 0 aliphatic carbocycles. The number of halogens is 3. The standard InChI is InChI=1S/C26H19BrCl2N2O4/c1-14-7-15(2)9-18(8-14)31-25(33)19(24(32)30-26(31)34)10-16-4-6-23(20(27)11-16)35-13-17-3-5-21(28)22(29)12-17/h3-12H,13H2,1-2H3,(H,30,32,34)/b19-10+. The highest BCUT2D eigenvalue weighted by Crippen LogP contribution is 2.30. The second-order valence-electron chi connectivity index (χ2n) is 8.03. The summed E-state index contributed by atoms with van der Waals surface area (Å²) in [6.07, 6.45) is 1.44. The van der Waals surface area contributed by atoms with Gasteiger partial charge in [0.25, 0.3) is 11.8 Å². The molecule has 4 rings (SSSR count). The lowest BCUT2D eigenvalue weighted by Gasteiger charge is -2.27. The number of ether oxygens (including phenoxy) is 1. The maximum Gasteiger partial charge on any atom is 0.335 e. The average Bonchev–Trinajstić information content (AvgIpc) is 2.77. The molecule has 1 N–H and O–H groups in total. The minimum absolute atomic E-state index is 0.153. The fraction of sp³-hybridized carbons (Fsp3) is 0.115. The van der Waals surface area contributed by atoms with Gasteiger partial charge < -0.3 is 4.74 Å². The highest BCUT2D eigenvalue weighted by Gasteiger charge is 2.37. The van der Waals surface area contributed by atoms with Crippen LogP contribution in [-0.2, 0) is 16.2 Å². The molecule has 178 valence electrons. The summed E-state index contributed by atoms with van der Waals surface area (Å²) in [4.78, 5) is 39.1. The van der Waals surface area contributed by atoms with Crippen molar-refractivity contribution in [2.24, 2.45) is 0 Å². The van der Waals surface area contributed by atoms with Gasteiger partial charge in [-0.05, 0) is 94.5 Å². The Bertz CT molecular complexity index is 1380. The number of benzene rings is 3. The van der Waals surface area contributed by atoms with Crippen molar-refractivity contribution in [1.29, 1.82) is 0 Å². The van der Waals surface area contributed by atoms with E-state index in [9.17, 15) is 14.4 Å². The van der Waals surface area contributed by atoms with Gasteiger partial charge in [0.2, 0.25) is 0 Å². The van der Waals surface area contributed by atoms with Gasteiger partial charge >= 0.3 is 6.03 Å². The van der Waals surface area contributed by atoms with Gasteiger partial charge in [-0.15, -0.1) is 0 Å². The van der Waals surface area contributed by atoms with Crippen molar-refractivity contribution in [2.45, 2.75) is 20.5 Å². The minimum atomic E-state index is -0.783. The zero-order valence-corrected chi connectivity index (χ0v) is 21.8. The third-order valence-electron chi connectivity index (χ3n) is 5.21. The number of nitrogens with one attached hydrogen (secondary N) is 1. The summed E-state index contributed by atoms with van der Waals surface area (Å²) in [5.41, 5.74) is 3.45. The molecular weight excluding hydrogens is 555 g/mol. The summed E-state index contributed by atoms with van der Waals surface area (Å²) in [5.74, 6) is -0.888. The van der Waals surface area contributed by atoms with Crippen LogP contribution in [0, 0.1) is 13.8 Å². The summed E-state index contributed by atoms with van der Waals surface area (Å²) in [5, 5.41) is 3.15. The number of carbonyl (C=O) groups is 3. The zero-order valence-electron chi connectivity index (χ0n) is 18.7. The average molecular weight is 574 g/mol. The Morgan fingerprint density at radius 2 is 1.66 bits per heavy atom. The molecular formula is C26H19BrCl2N2O4. The van der Waals surface area contributed by atoms with Gasteiger partial charge in [-0.1, -0.05) is 41.4 Å². The second-order valence-corrected chi connectivity index (χ2v) is 9.70. The number of barbiturate groups is 1. The molecule has 3 aromatic carbocycles. The Kier molecular flexibility index (Phi) is 7.31. The fourth-order valence-corrected chi connectivity index (χ4v) is 4.48. The van der Waals surface area contributed by atoms with Crippen LogP contribution in [0.5, 0.6) is 5.75 Å². The largest absolute Gasteiger partial charge is 0.488 e. The summed E-state index contributed by atoms with van der Waals surface area (Å²) in [6.45, 7) is 4.00. The van der Waals surface area contributed by atoms with E-state index in [0.29, 0.717) is 31.5 Å². The Labute approximate surface area is 220 Å². The maximum absolute atomic E-state index is 13.2. The van der Waals surface area contributed by atoms with E-state index >= 15 is 0 Å². The van der Waals surface area contributed by atoms with E-state index in [0.717, 1.165) is 21.6 Å². The molecule has 1 aliphatic heterocycles. The number of hydrogen-bond donors (Lipinski definition) is 1. The van der Waals surface area contributed by atoms with Crippen LogP contribution in [0.25, 0.3) is 6.08 Å². The first-order valence-electron chi connectivity index (χ1n) is 10.5. The molecule has 1 saturated heterocycles. The van der Waals surface area contributed by atoms with E-state index in [1.807, 2.05) is 26.0 Å². The number of aryl methyl sites for hydroxylation is 2. The highest BCUT2D eigenvalue weighted by atomic mass is 79.9. The van der Waals surface area contributed by atoms with Crippen LogP contribution >= 0.6 is 39.1 Å². The smallest absolute Gasteiger partial charge is 0.335 e. The quantitative estimate of drug-likeness (QED) is 0.275. The van der Waals surface area contributed by atoms with Gasteiger partial charge in [0, 0.05) is 0 Å². The first kappa shape index (κ1) is 25.0. The number of rotatable bonds is 5. The normalized spacial score (nSPS) is 14.9. The SMILES string of the molecule is Cc1cc(C)cc(N2C(=O)NC(=O)/C(=C\c3ccc(OCc4ccc(Cl)c(Cl)c4)c(Br)c3)C2=O)c1. The summed E-state index contributed by atoms with van der Waals surface area (Å²) in [6, 6.07) is 15.0. The predicted molar refractivity (Wildman–Crippen MR) is 140 cm³/mol. The van der Waals surface area contributed by atoms with Crippen LogP contribution in [0.1, 0.15) is 22.3 Å². The number of nitrogens with zero attached hydrogens (tertiary/aromatic N) is 1. The molecule has 1 aliphatic rings. The lowest BCUT2D eigenvalue weighted by Crippen LogP contribution is -2.54. The van der Waals surface area contributed by atoms with E-state index < -0.39 is 17.8 Å².